The van der Waals surface area contributed by atoms with Crippen molar-refractivity contribution in [3.63, 3.8) is 0 Å². The first-order valence-corrected chi connectivity index (χ1v) is 8.72. The highest BCUT2D eigenvalue weighted by Gasteiger charge is 2.20. The Bertz CT molecular complexity index is 873. The number of hydrogen-bond acceptors (Lipinski definition) is 4. The molecule has 29 heavy (non-hydrogen) atoms. The number of hydrogen-bond donors (Lipinski definition) is 2. The monoisotopic (exact) mass is 413 g/mol. The molecule has 6 nitrogen and oxygen atoms in total. The van der Waals surface area contributed by atoms with Gasteiger partial charge in [0, 0.05) is 37.3 Å². The van der Waals surface area contributed by atoms with Crippen LogP contribution in [-0.4, -0.2) is 33.0 Å². The van der Waals surface area contributed by atoms with Crippen LogP contribution in [0.2, 0.25) is 0 Å². The van der Waals surface area contributed by atoms with Gasteiger partial charge in [0.2, 0.25) is 6.79 Å². The summed E-state index contributed by atoms with van der Waals surface area (Å²) in [6.45, 7) is -2.70. The summed E-state index contributed by atoms with van der Waals surface area (Å²) < 4.78 is 67.7. The Hall–Kier alpha value is -3.17. The molecule has 0 amide bonds. The molecule has 0 saturated carbocycles. The van der Waals surface area contributed by atoms with E-state index in [4.69, 9.17) is 9.47 Å². The van der Waals surface area contributed by atoms with Crippen LogP contribution in [0.5, 0.6) is 17.2 Å². The molecule has 0 atom stereocenters. The van der Waals surface area contributed by atoms with Gasteiger partial charge in [-0.2, -0.15) is 8.78 Å². The molecule has 0 unspecified atom stereocenters. The number of aliphatic imine (C=N–C) groups is 1. The Balaban J connectivity index is 1.60. The van der Waals surface area contributed by atoms with Gasteiger partial charge in [0.05, 0.1) is 0 Å². The van der Waals surface area contributed by atoms with Crippen LogP contribution in [-0.2, 0) is 13.0 Å². The van der Waals surface area contributed by atoms with Crippen molar-refractivity contribution < 1.29 is 31.8 Å². The molecule has 2 aromatic carbocycles. The first-order valence-electron chi connectivity index (χ1n) is 8.72. The average molecular weight is 413 g/mol. The highest BCUT2D eigenvalue weighted by atomic mass is 19.3. The van der Waals surface area contributed by atoms with Crippen molar-refractivity contribution >= 4 is 5.96 Å². The van der Waals surface area contributed by atoms with Gasteiger partial charge in [-0.15, -0.1) is 0 Å². The number of guanidine groups is 1. The smallest absolute Gasteiger partial charge is 0.387 e. The summed E-state index contributed by atoms with van der Waals surface area (Å²) >= 11 is 0. The van der Waals surface area contributed by atoms with Crippen LogP contribution in [0.3, 0.4) is 0 Å². The van der Waals surface area contributed by atoms with Crippen molar-refractivity contribution in [3.8, 4) is 17.2 Å². The molecule has 10 heteroatoms. The molecule has 156 valence electrons. The van der Waals surface area contributed by atoms with Crippen LogP contribution in [0, 0.1) is 11.6 Å². The number of nitrogens with one attached hydrogen (secondary N) is 2. The fourth-order valence-corrected chi connectivity index (χ4v) is 2.79. The molecule has 0 aromatic heterocycles. The Morgan fingerprint density at radius 1 is 1.14 bits per heavy atom. The van der Waals surface area contributed by atoms with E-state index in [0.29, 0.717) is 23.0 Å². The van der Waals surface area contributed by atoms with Crippen molar-refractivity contribution in [2.45, 2.75) is 19.6 Å². The van der Waals surface area contributed by atoms with Gasteiger partial charge in [0.25, 0.3) is 0 Å². The average Bonchev–Trinajstić information content (AvgIpc) is 3.13. The highest BCUT2D eigenvalue weighted by Crippen LogP contribution is 2.38. The summed E-state index contributed by atoms with van der Waals surface area (Å²) in [5, 5.41) is 5.85. The van der Waals surface area contributed by atoms with Crippen LogP contribution in [0.1, 0.15) is 11.1 Å². The van der Waals surface area contributed by atoms with Gasteiger partial charge in [-0.05, 0) is 24.6 Å². The minimum absolute atomic E-state index is 0.00381. The van der Waals surface area contributed by atoms with Crippen LogP contribution in [0.25, 0.3) is 0 Å². The molecule has 0 saturated heterocycles. The maximum Gasteiger partial charge on any atom is 0.387 e. The SMILES string of the molecule is CN=C(NCCc1c(F)cccc1F)NCc1cc2c(cc1OC(F)F)OCO2. The molecule has 1 aliphatic rings. The Morgan fingerprint density at radius 2 is 1.83 bits per heavy atom. The predicted molar refractivity (Wildman–Crippen MR) is 97.5 cm³/mol. The lowest BCUT2D eigenvalue weighted by atomic mass is 10.1. The fraction of sp³-hybridized carbons (Fsp3) is 0.316. The largest absolute Gasteiger partial charge is 0.454 e. The molecule has 0 bridgehead atoms. The number of fused-ring (bicyclic) bond motifs is 1. The number of alkyl halides is 2. The molecule has 0 spiro atoms. The van der Waals surface area contributed by atoms with Gasteiger partial charge in [0.1, 0.15) is 17.4 Å². The van der Waals surface area contributed by atoms with Gasteiger partial charge in [-0.3, -0.25) is 4.99 Å². The van der Waals surface area contributed by atoms with Gasteiger partial charge >= 0.3 is 6.61 Å². The lowest BCUT2D eigenvalue weighted by Gasteiger charge is -2.15. The van der Waals surface area contributed by atoms with E-state index >= 15 is 0 Å². The zero-order chi connectivity index (χ0) is 20.8. The van der Waals surface area contributed by atoms with Crippen LogP contribution in [0.4, 0.5) is 17.6 Å². The van der Waals surface area contributed by atoms with Crippen molar-refractivity contribution in [2.75, 3.05) is 20.4 Å². The van der Waals surface area contributed by atoms with Crippen molar-refractivity contribution in [2.24, 2.45) is 4.99 Å². The molecule has 0 radical (unpaired) electrons. The second-order valence-electron chi connectivity index (χ2n) is 5.99. The summed E-state index contributed by atoms with van der Waals surface area (Å²) in [6.07, 6.45) is 0.100. The summed E-state index contributed by atoms with van der Waals surface area (Å²) in [6, 6.07) is 6.55. The van der Waals surface area contributed by atoms with Gasteiger partial charge < -0.3 is 24.8 Å². The summed E-state index contributed by atoms with van der Waals surface area (Å²) in [4.78, 5) is 4.00. The topological polar surface area (TPSA) is 64.1 Å². The molecule has 0 fully saturated rings. The first kappa shape index (κ1) is 20.6. The number of ether oxygens (including phenoxy) is 3. The van der Waals surface area contributed by atoms with Crippen LogP contribution >= 0.6 is 0 Å². The minimum Gasteiger partial charge on any atom is -0.454 e. The maximum atomic E-state index is 13.7. The van der Waals surface area contributed by atoms with E-state index in [-0.39, 0.29) is 37.6 Å². The zero-order valence-electron chi connectivity index (χ0n) is 15.5. The molecule has 0 aliphatic carbocycles. The first-order chi connectivity index (χ1) is 14.0. The van der Waals surface area contributed by atoms with E-state index in [1.54, 1.807) is 0 Å². The number of benzene rings is 2. The third kappa shape index (κ3) is 5.21. The molecule has 1 aliphatic heterocycles. The lowest BCUT2D eigenvalue weighted by molar-refractivity contribution is -0.0505. The summed E-state index contributed by atoms with van der Waals surface area (Å²) in [5.74, 6) is -0.240. The van der Waals surface area contributed by atoms with Crippen molar-refractivity contribution in [1.29, 1.82) is 0 Å². The molecule has 1 heterocycles. The Kier molecular flexibility index (Phi) is 6.63. The number of rotatable bonds is 7. The van der Waals surface area contributed by atoms with E-state index in [9.17, 15) is 17.6 Å². The molecule has 2 N–H and O–H groups in total. The zero-order valence-corrected chi connectivity index (χ0v) is 15.5. The second-order valence-corrected chi connectivity index (χ2v) is 5.99. The lowest BCUT2D eigenvalue weighted by Crippen LogP contribution is -2.38. The Morgan fingerprint density at radius 3 is 2.48 bits per heavy atom. The quantitative estimate of drug-likeness (QED) is 0.415. The summed E-state index contributed by atoms with van der Waals surface area (Å²) in [5.41, 5.74) is 0.372. The number of nitrogens with zero attached hydrogens (tertiary/aromatic N) is 1. The fourth-order valence-electron chi connectivity index (χ4n) is 2.79. The van der Waals surface area contributed by atoms with Gasteiger partial charge in [-0.1, -0.05) is 6.07 Å². The number of halogens is 4. The molecular formula is C19H19F4N3O3. The second kappa shape index (κ2) is 9.35. The van der Waals surface area contributed by atoms with Crippen molar-refractivity contribution in [1.82, 2.24) is 10.6 Å². The molecule has 2 aromatic rings. The van der Waals surface area contributed by atoms with Gasteiger partial charge in [0.15, 0.2) is 17.5 Å². The van der Waals surface area contributed by atoms with E-state index in [1.807, 2.05) is 0 Å². The van der Waals surface area contributed by atoms with E-state index in [2.05, 4.69) is 20.4 Å². The van der Waals surface area contributed by atoms with Gasteiger partial charge in [-0.25, -0.2) is 8.78 Å². The van der Waals surface area contributed by atoms with Crippen LogP contribution in [0.15, 0.2) is 35.3 Å². The third-order valence-electron chi connectivity index (χ3n) is 4.17. The minimum atomic E-state index is -3.00. The van der Waals surface area contributed by atoms with Crippen molar-refractivity contribution in [3.05, 3.63) is 53.1 Å². The highest BCUT2D eigenvalue weighted by molar-refractivity contribution is 5.79. The molecular weight excluding hydrogens is 394 g/mol. The molecule has 3 rings (SSSR count). The Labute approximate surface area is 164 Å². The van der Waals surface area contributed by atoms with Crippen LogP contribution < -0.4 is 24.8 Å². The third-order valence-corrected chi connectivity index (χ3v) is 4.17. The summed E-state index contributed by atoms with van der Waals surface area (Å²) in [7, 11) is 1.51. The standard InChI is InChI=1S/C19H19F4N3O3/c1-24-19(25-6-5-12-13(20)3-2-4-14(12)21)26-9-11-7-16-17(28-10-27-16)8-15(11)29-18(22)23/h2-4,7-8,18H,5-6,9-10H2,1H3,(H2,24,25,26). The maximum absolute atomic E-state index is 13.7. The van der Waals surface area contributed by atoms with E-state index in [0.717, 1.165) is 0 Å². The normalized spacial score (nSPS) is 13.0. The van der Waals surface area contributed by atoms with E-state index < -0.39 is 18.2 Å². The predicted octanol–water partition coefficient (Wildman–Crippen LogP) is 3.20. The van der Waals surface area contributed by atoms with E-state index in [1.165, 1.54) is 37.4 Å².